The molecule has 110 valence electrons. The Balaban J connectivity index is 2.51. The van der Waals surface area contributed by atoms with E-state index in [0.29, 0.717) is 16.1 Å². The molecule has 0 heterocycles. The summed E-state index contributed by atoms with van der Waals surface area (Å²) < 4.78 is 51.3. The standard InChI is InChI=1S/C14H7BrF4O2/c15-11-4-2-7(5-9(11)13(20)21)8-1-3-10(12(16)6-8)14(17,18)19/h1-6H,(H,20,21). The zero-order valence-electron chi connectivity index (χ0n) is 10.2. The van der Waals surface area contributed by atoms with Crippen LogP contribution in [0, 0.1) is 5.82 Å². The molecule has 0 aliphatic carbocycles. The maximum absolute atomic E-state index is 13.5. The number of benzene rings is 2. The van der Waals surface area contributed by atoms with Gasteiger partial charge in [0.25, 0.3) is 0 Å². The second kappa shape index (κ2) is 5.48. The first-order valence-corrected chi connectivity index (χ1v) is 6.39. The molecule has 0 amide bonds. The van der Waals surface area contributed by atoms with Gasteiger partial charge in [-0.1, -0.05) is 12.1 Å². The van der Waals surface area contributed by atoms with E-state index in [1.165, 1.54) is 18.2 Å². The summed E-state index contributed by atoms with van der Waals surface area (Å²) in [6.45, 7) is 0. The van der Waals surface area contributed by atoms with Crippen LogP contribution in [0.25, 0.3) is 11.1 Å². The number of rotatable bonds is 2. The quantitative estimate of drug-likeness (QED) is 0.765. The van der Waals surface area contributed by atoms with Crippen LogP contribution in [0.4, 0.5) is 17.6 Å². The van der Waals surface area contributed by atoms with Crippen LogP contribution >= 0.6 is 15.9 Å². The van der Waals surface area contributed by atoms with E-state index in [0.717, 1.165) is 12.1 Å². The van der Waals surface area contributed by atoms with Crippen molar-refractivity contribution < 1.29 is 27.5 Å². The first kappa shape index (κ1) is 15.5. The summed E-state index contributed by atoms with van der Waals surface area (Å²) in [7, 11) is 0. The maximum Gasteiger partial charge on any atom is 0.419 e. The van der Waals surface area contributed by atoms with Gasteiger partial charge in [-0.15, -0.1) is 0 Å². The van der Waals surface area contributed by atoms with Crippen LogP contribution in [-0.2, 0) is 6.18 Å². The molecule has 0 aromatic heterocycles. The predicted octanol–water partition coefficient (Wildman–Crippen LogP) is 4.97. The molecule has 21 heavy (non-hydrogen) atoms. The fourth-order valence-electron chi connectivity index (χ4n) is 1.79. The van der Waals surface area contributed by atoms with Gasteiger partial charge in [0.05, 0.1) is 11.1 Å². The number of alkyl halides is 3. The zero-order valence-corrected chi connectivity index (χ0v) is 11.8. The van der Waals surface area contributed by atoms with Crippen LogP contribution in [0.2, 0.25) is 0 Å². The third-order valence-corrected chi connectivity index (χ3v) is 3.50. The summed E-state index contributed by atoms with van der Waals surface area (Å²) in [4.78, 5) is 11.0. The molecule has 0 aliphatic heterocycles. The van der Waals surface area contributed by atoms with E-state index in [-0.39, 0.29) is 11.1 Å². The van der Waals surface area contributed by atoms with Gasteiger partial charge in [-0.2, -0.15) is 13.2 Å². The summed E-state index contributed by atoms with van der Waals surface area (Å²) in [5.41, 5.74) is -0.951. The molecule has 0 fully saturated rings. The second-order valence-electron chi connectivity index (χ2n) is 4.19. The van der Waals surface area contributed by atoms with Crippen LogP contribution in [0.5, 0.6) is 0 Å². The van der Waals surface area contributed by atoms with Gasteiger partial charge in [-0.05, 0) is 51.3 Å². The topological polar surface area (TPSA) is 37.3 Å². The van der Waals surface area contributed by atoms with E-state index in [1.807, 2.05) is 0 Å². The lowest BCUT2D eigenvalue weighted by molar-refractivity contribution is -0.139. The Morgan fingerprint density at radius 3 is 2.14 bits per heavy atom. The predicted molar refractivity (Wildman–Crippen MR) is 71.5 cm³/mol. The average Bonchev–Trinajstić information content (AvgIpc) is 2.37. The molecular weight excluding hydrogens is 356 g/mol. The first-order chi connectivity index (χ1) is 9.70. The van der Waals surface area contributed by atoms with E-state index in [9.17, 15) is 22.4 Å². The van der Waals surface area contributed by atoms with E-state index in [4.69, 9.17) is 5.11 Å². The van der Waals surface area contributed by atoms with Gasteiger partial charge >= 0.3 is 12.1 Å². The third-order valence-electron chi connectivity index (χ3n) is 2.80. The molecule has 0 spiro atoms. The highest BCUT2D eigenvalue weighted by atomic mass is 79.9. The molecule has 0 saturated heterocycles. The Bertz CT molecular complexity index is 711. The van der Waals surface area contributed by atoms with Crippen molar-refractivity contribution in [1.82, 2.24) is 0 Å². The number of carboxylic acid groups (broad SMARTS) is 1. The van der Waals surface area contributed by atoms with Gasteiger partial charge in [0, 0.05) is 4.47 Å². The number of aromatic carboxylic acids is 1. The molecule has 1 N–H and O–H groups in total. The zero-order chi connectivity index (χ0) is 15.8. The molecule has 2 rings (SSSR count). The molecule has 0 radical (unpaired) electrons. The Morgan fingerprint density at radius 2 is 1.62 bits per heavy atom. The van der Waals surface area contributed by atoms with Crippen molar-refractivity contribution >= 4 is 21.9 Å². The summed E-state index contributed by atoms with van der Waals surface area (Å²) in [5.74, 6) is -2.60. The minimum absolute atomic E-state index is 0.0622. The maximum atomic E-state index is 13.5. The SMILES string of the molecule is O=C(O)c1cc(-c2ccc(C(F)(F)F)c(F)c2)ccc1Br. The van der Waals surface area contributed by atoms with Crippen LogP contribution in [0.1, 0.15) is 15.9 Å². The van der Waals surface area contributed by atoms with Gasteiger partial charge < -0.3 is 5.11 Å². The van der Waals surface area contributed by atoms with Gasteiger partial charge in [-0.3, -0.25) is 0 Å². The monoisotopic (exact) mass is 362 g/mol. The van der Waals surface area contributed by atoms with E-state index in [2.05, 4.69) is 15.9 Å². The Hall–Kier alpha value is -1.89. The van der Waals surface area contributed by atoms with Crippen LogP contribution in [0.3, 0.4) is 0 Å². The molecule has 7 heteroatoms. The van der Waals surface area contributed by atoms with E-state index < -0.39 is 23.5 Å². The normalized spacial score (nSPS) is 11.5. The van der Waals surface area contributed by atoms with Gasteiger partial charge in [0.15, 0.2) is 0 Å². The minimum atomic E-state index is -4.77. The summed E-state index contributed by atoms with van der Waals surface area (Å²) in [6, 6.07) is 6.65. The van der Waals surface area contributed by atoms with Crippen LogP contribution in [-0.4, -0.2) is 11.1 Å². The lowest BCUT2D eigenvalue weighted by Gasteiger charge is -2.10. The second-order valence-corrected chi connectivity index (χ2v) is 5.05. The fourth-order valence-corrected chi connectivity index (χ4v) is 2.21. The van der Waals surface area contributed by atoms with Crippen LogP contribution < -0.4 is 0 Å². The van der Waals surface area contributed by atoms with Crippen molar-refractivity contribution in [3.8, 4) is 11.1 Å². The Labute approximate surface area is 125 Å². The number of carbonyl (C=O) groups is 1. The highest BCUT2D eigenvalue weighted by Gasteiger charge is 2.33. The summed E-state index contributed by atoms with van der Waals surface area (Å²) in [6.07, 6.45) is -4.77. The molecule has 2 aromatic carbocycles. The lowest BCUT2D eigenvalue weighted by atomic mass is 10.0. The number of carboxylic acids is 1. The lowest BCUT2D eigenvalue weighted by Crippen LogP contribution is -2.07. The molecule has 2 nitrogen and oxygen atoms in total. The smallest absolute Gasteiger partial charge is 0.419 e. The highest BCUT2D eigenvalue weighted by molar-refractivity contribution is 9.10. The highest BCUT2D eigenvalue weighted by Crippen LogP contribution is 2.34. The van der Waals surface area contributed by atoms with Crippen molar-refractivity contribution in [2.45, 2.75) is 6.18 Å². The molecule has 0 aliphatic rings. The number of halogens is 5. The van der Waals surface area contributed by atoms with Crippen molar-refractivity contribution in [1.29, 1.82) is 0 Å². The molecule has 0 unspecified atom stereocenters. The Kier molecular flexibility index (Phi) is 4.04. The van der Waals surface area contributed by atoms with Gasteiger partial charge in [-0.25, -0.2) is 9.18 Å². The first-order valence-electron chi connectivity index (χ1n) is 5.60. The summed E-state index contributed by atoms with van der Waals surface area (Å²) in [5, 5.41) is 8.99. The van der Waals surface area contributed by atoms with Crippen molar-refractivity contribution in [3.05, 3.63) is 57.8 Å². The molecule has 2 aromatic rings. The minimum Gasteiger partial charge on any atom is -0.478 e. The fraction of sp³-hybridized carbons (Fsp3) is 0.0714. The van der Waals surface area contributed by atoms with E-state index >= 15 is 0 Å². The average molecular weight is 363 g/mol. The van der Waals surface area contributed by atoms with Crippen LogP contribution in [0.15, 0.2) is 40.9 Å². The van der Waals surface area contributed by atoms with E-state index in [1.54, 1.807) is 0 Å². The Morgan fingerprint density at radius 1 is 1.05 bits per heavy atom. The number of hydrogen-bond donors (Lipinski definition) is 1. The van der Waals surface area contributed by atoms with Crippen molar-refractivity contribution in [3.63, 3.8) is 0 Å². The summed E-state index contributed by atoms with van der Waals surface area (Å²) >= 11 is 3.05. The molecule has 0 bridgehead atoms. The molecular formula is C14H7BrF4O2. The third kappa shape index (κ3) is 3.24. The van der Waals surface area contributed by atoms with Gasteiger partial charge in [0.2, 0.25) is 0 Å². The largest absolute Gasteiger partial charge is 0.478 e. The van der Waals surface area contributed by atoms with Gasteiger partial charge in [0.1, 0.15) is 5.82 Å². The number of hydrogen-bond acceptors (Lipinski definition) is 1. The van der Waals surface area contributed by atoms with Crippen molar-refractivity contribution in [2.24, 2.45) is 0 Å². The molecule has 0 atom stereocenters. The van der Waals surface area contributed by atoms with Crippen molar-refractivity contribution in [2.75, 3.05) is 0 Å². The molecule has 0 saturated carbocycles.